The number of nitrogens with zero attached hydrogens (tertiary/aromatic N) is 1. The van der Waals surface area contributed by atoms with Crippen LogP contribution in [0.3, 0.4) is 0 Å². The minimum atomic E-state index is -0.404. The summed E-state index contributed by atoms with van der Waals surface area (Å²) in [6, 6.07) is 8.57. The summed E-state index contributed by atoms with van der Waals surface area (Å²) >= 11 is 1.88. The van der Waals surface area contributed by atoms with Crippen LogP contribution in [-0.2, 0) is 0 Å². The van der Waals surface area contributed by atoms with Crippen LogP contribution in [0.1, 0.15) is 31.9 Å². The minimum Gasteiger partial charge on any atom is -0.387 e. The summed E-state index contributed by atoms with van der Waals surface area (Å²) < 4.78 is 0. The number of piperazine rings is 1. The van der Waals surface area contributed by atoms with Gasteiger partial charge in [0.15, 0.2) is 0 Å². The van der Waals surface area contributed by atoms with Gasteiger partial charge in [0.25, 0.3) is 0 Å². The summed E-state index contributed by atoms with van der Waals surface area (Å²) in [7, 11) is 0. The van der Waals surface area contributed by atoms with Crippen molar-refractivity contribution in [2.75, 3.05) is 31.9 Å². The van der Waals surface area contributed by atoms with Crippen LogP contribution in [0.15, 0.2) is 29.2 Å². The van der Waals surface area contributed by atoms with Gasteiger partial charge in [-0.15, -0.1) is 11.8 Å². The molecule has 0 amide bonds. The molecule has 3 nitrogen and oxygen atoms in total. The number of benzene rings is 1. The number of thioether (sulfide) groups is 1. The van der Waals surface area contributed by atoms with Crippen molar-refractivity contribution in [2.24, 2.45) is 0 Å². The summed E-state index contributed by atoms with van der Waals surface area (Å²) in [6.07, 6.45) is 0.785. The normalized spacial score (nSPS) is 19.8. The monoisotopic (exact) mass is 294 g/mol. The second-order valence-electron chi connectivity index (χ2n) is 5.39. The van der Waals surface area contributed by atoms with Crippen LogP contribution < -0.4 is 5.32 Å². The second kappa shape index (κ2) is 8.03. The van der Waals surface area contributed by atoms with Crippen LogP contribution in [0.4, 0.5) is 0 Å². The van der Waals surface area contributed by atoms with Crippen molar-refractivity contribution in [1.82, 2.24) is 10.2 Å². The van der Waals surface area contributed by atoms with E-state index in [0.717, 1.165) is 37.5 Å². The Kier molecular flexibility index (Phi) is 6.36. The van der Waals surface area contributed by atoms with Crippen molar-refractivity contribution in [1.29, 1.82) is 0 Å². The molecule has 1 aliphatic heterocycles. The molecule has 1 aromatic carbocycles. The van der Waals surface area contributed by atoms with Gasteiger partial charge in [0.2, 0.25) is 0 Å². The molecule has 0 radical (unpaired) electrons. The predicted octanol–water partition coefficient (Wildman–Crippen LogP) is 2.52. The number of hydrogen-bond acceptors (Lipinski definition) is 4. The van der Waals surface area contributed by atoms with Gasteiger partial charge in [-0.3, -0.25) is 4.90 Å². The van der Waals surface area contributed by atoms with Crippen molar-refractivity contribution in [2.45, 2.75) is 37.3 Å². The van der Waals surface area contributed by atoms with E-state index in [1.165, 1.54) is 11.3 Å². The molecule has 2 rings (SSSR count). The van der Waals surface area contributed by atoms with E-state index in [0.29, 0.717) is 0 Å². The summed E-state index contributed by atoms with van der Waals surface area (Å²) in [5, 5.41) is 13.9. The van der Waals surface area contributed by atoms with Crippen molar-refractivity contribution >= 4 is 11.8 Å². The summed E-state index contributed by atoms with van der Waals surface area (Å²) in [6.45, 7) is 8.38. The van der Waals surface area contributed by atoms with E-state index in [9.17, 15) is 5.11 Å². The van der Waals surface area contributed by atoms with Crippen molar-refractivity contribution < 1.29 is 5.11 Å². The maximum Gasteiger partial charge on any atom is 0.0942 e. The average molecular weight is 294 g/mol. The molecule has 0 saturated carbocycles. The van der Waals surface area contributed by atoms with Gasteiger partial charge in [0, 0.05) is 37.1 Å². The van der Waals surface area contributed by atoms with Crippen LogP contribution in [-0.4, -0.2) is 48.0 Å². The van der Waals surface area contributed by atoms with Gasteiger partial charge in [-0.2, -0.15) is 0 Å². The van der Waals surface area contributed by atoms with Gasteiger partial charge in [0.1, 0.15) is 0 Å². The highest BCUT2D eigenvalue weighted by molar-refractivity contribution is 7.99. The first-order valence-corrected chi connectivity index (χ1v) is 8.56. The van der Waals surface area contributed by atoms with Crippen LogP contribution in [0.2, 0.25) is 0 Å². The van der Waals surface area contributed by atoms with E-state index < -0.39 is 6.10 Å². The van der Waals surface area contributed by atoms with E-state index >= 15 is 0 Å². The largest absolute Gasteiger partial charge is 0.387 e. The zero-order chi connectivity index (χ0) is 14.4. The van der Waals surface area contributed by atoms with Crippen molar-refractivity contribution in [3.8, 4) is 0 Å². The smallest absolute Gasteiger partial charge is 0.0942 e. The first-order valence-electron chi connectivity index (χ1n) is 7.58. The quantitative estimate of drug-likeness (QED) is 0.790. The standard InChI is InChI=1S/C16H26N2OS/c1-3-12-20-15-6-4-14(5-7-15)16(19)13(2)18-10-8-17-9-11-18/h4-7,13,16-17,19H,3,8-12H2,1-2H3. The highest BCUT2D eigenvalue weighted by atomic mass is 32.2. The Balaban J connectivity index is 1.95. The lowest BCUT2D eigenvalue weighted by atomic mass is 10.0. The van der Waals surface area contributed by atoms with Crippen LogP contribution in [0.5, 0.6) is 0 Å². The molecule has 0 bridgehead atoms. The van der Waals surface area contributed by atoms with Crippen molar-refractivity contribution in [3.05, 3.63) is 29.8 Å². The minimum absolute atomic E-state index is 0.172. The molecule has 0 aliphatic carbocycles. The molecule has 4 heteroatoms. The van der Waals surface area contributed by atoms with Crippen LogP contribution >= 0.6 is 11.8 Å². The molecular formula is C16H26N2OS. The molecule has 1 fully saturated rings. The predicted molar refractivity (Wildman–Crippen MR) is 86.3 cm³/mol. The van der Waals surface area contributed by atoms with Gasteiger partial charge in [0.05, 0.1) is 6.10 Å². The summed E-state index contributed by atoms with van der Waals surface area (Å²) in [5.41, 5.74) is 1.02. The van der Waals surface area contributed by atoms with E-state index in [2.05, 4.69) is 48.3 Å². The van der Waals surface area contributed by atoms with E-state index in [4.69, 9.17) is 0 Å². The topological polar surface area (TPSA) is 35.5 Å². The van der Waals surface area contributed by atoms with Crippen LogP contribution in [0, 0.1) is 0 Å². The van der Waals surface area contributed by atoms with Gasteiger partial charge < -0.3 is 10.4 Å². The van der Waals surface area contributed by atoms with E-state index in [-0.39, 0.29) is 6.04 Å². The molecule has 1 aliphatic rings. The summed E-state index contributed by atoms with van der Waals surface area (Å²) in [5.74, 6) is 1.15. The fourth-order valence-corrected chi connectivity index (χ4v) is 3.32. The van der Waals surface area contributed by atoms with Gasteiger partial charge >= 0.3 is 0 Å². The number of aliphatic hydroxyl groups excluding tert-OH is 1. The van der Waals surface area contributed by atoms with Crippen molar-refractivity contribution in [3.63, 3.8) is 0 Å². The SMILES string of the molecule is CCCSc1ccc(C(O)C(C)N2CCNCC2)cc1. The summed E-state index contributed by atoms with van der Waals surface area (Å²) in [4.78, 5) is 3.65. The molecule has 1 saturated heterocycles. The number of hydrogen-bond donors (Lipinski definition) is 2. The first-order chi connectivity index (χ1) is 9.72. The molecule has 2 unspecified atom stereocenters. The maximum absolute atomic E-state index is 10.5. The third kappa shape index (κ3) is 4.22. The second-order valence-corrected chi connectivity index (χ2v) is 6.56. The fourth-order valence-electron chi connectivity index (χ4n) is 2.55. The zero-order valence-corrected chi connectivity index (χ0v) is 13.3. The lowest BCUT2D eigenvalue weighted by molar-refractivity contribution is 0.0510. The fraction of sp³-hybridized carbons (Fsp3) is 0.625. The number of aliphatic hydroxyl groups is 1. The van der Waals surface area contributed by atoms with Gasteiger partial charge in [-0.25, -0.2) is 0 Å². The Labute approximate surface area is 126 Å². The molecule has 2 N–H and O–H groups in total. The third-order valence-corrected chi connectivity index (χ3v) is 5.10. The first kappa shape index (κ1) is 15.8. The molecule has 1 heterocycles. The zero-order valence-electron chi connectivity index (χ0n) is 12.5. The van der Waals surface area contributed by atoms with E-state index in [1.807, 2.05) is 11.8 Å². The van der Waals surface area contributed by atoms with Gasteiger partial charge in [-0.05, 0) is 36.8 Å². The molecular weight excluding hydrogens is 268 g/mol. The lowest BCUT2D eigenvalue weighted by Crippen LogP contribution is -2.49. The average Bonchev–Trinajstić information content (AvgIpc) is 2.53. The molecule has 1 aromatic rings. The van der Waals surface area contributed by atoms with E-state index in [1.54, 1.807) is 0 Å². The van der Waals surface area contributed by atoms with Gasteiger partial charge in [-0.1, -0.05) is 19.1 Å². The highest BCUT2D eigenvalue weighted by Gasteiger charge is 2.24. The third-order valence-electron chi connectivity index (χ3n) is 3.88. The Hall–Kier alpha value is -0.550. The Morgan fingerprint density at radius 3 is 2.50 bits per heavy atom. The maximum atomic E-state index is 10.5. The van der Waals surface area contributed by atoms with Crippen LogP contribution in [0.25, 0.3) is 0 Å². The number of nitrogens with one attached hydrogen (secondary N) is 1. The highest BCUT2D eigenvalue weighted by Crippen LogP contribution is 2.25. The molecule has 112 valence electrons. The Morgan fingerprint density at radius 2 is 1.90 bits per heavy atom. The Bertz CT molecular complexity index is 390. The Morgan fingerprint density at radius 1 is 1.25 bits per heavy atom. The molecule has 20 heavy (non-hydrogen) atoms. The molecule has 0 spiro atoms. The number of rotatable bonds is 6. The molecule has 0 aromatic heterocycles. The lowest BCUT2D eigenvalue weighted by Gasteiger charge is -2.35. The molecule has 2 atom stereocenters.